The fraction of sp³-hybridized carbons (Fsp3) is 0.650. The maximum absolute atomic E-state index is 12.5. The van der Waals surface area contributed by atoms with Crippen LogP contribution in [0.4, 0.5) is 10.5 Å². The molecule has 1 aromatic carbocycles. The van der Waals surface area contributed by atoms with Crippen molar-refractivity contribution < 1.29 is 4.79 Å². The van der Waals surface area contributed by atoms with E-state index >= 15 is 0 Å². The van der Waals surface area contributed by atoms with Gasteiger partial charge in [0, 0.05) is 42.9 Å². The van der Waals surface area contributed by atoms with E-state index in [2.05, 4.69) is 17.1 Å². The molecule has 0 atom stereocenters. The summed E-state index contributed by atoms with van der Waals surface area (Å²) in [5.74, 6) is 0.900. The Morgan fingerprint density at radius 1 is 1.08 bits per heavy atom. The summed E-state index contributed by atoms with van der Waals surface area (Å²) in [5.41, 5.74) is 0.787. The lowest BCUT2D eigenvalue weighted by atomic mass is 9.85. The van der Waals surface area contributed by atoms with E-state index in [0.717, 1.165) is 43.6 Å². The van der Waals surface area contributed by atoms with Crippen LogP contribution in [0.2, 0.25) is 5.02 Å². The number of nitrogens with one attached hydrogen (secondary N) is 1. The Morgan fingerprint density at radius 3 is 2.28 bits per heavy atom. The molecule has 1 saturated carbocycles. The lowest BCUT2D eigenvalue weighted by Gasteiger charge is -2.42. The van der Waals surface area contributed by atoms with Crippen LogP contribution in [-0.2, 0) is 0 Å². The number of hydrogen-bond donors (Lipinski definition) is 1. The van der Waals surface area contributed by atoms with Crippen LogP contribution in [0.3, 0.4) is 0 Å². The van der Waals surface area contributed by atoms with Crippen molar-refractivity contribution in [2.24, 2.45) is 5.92 Å². The molecule has 0 aromatic heterocycles. The van der Waals surface area contributed by atoms with Gasteiger partial charge in [-0.25, -0.2) is 4.79 Å². The number of carbonyl (C=O) groups excluding carboxylic acids is 1. The van der Waals surface area contributed by atoms with Crippen molar-refractivity contribution in [1.29, 1.82) is 0 Å². The molecule has 138 valence electrons. The predicted molar refractivity (Wildman–Crippen MR) is 104 cm³/mol. The number of nitrogens with zero attached hydrogens (tertiary/aromatic N) is 2. The van der Waals surface area contributed by atoms with E-state index in [1.165, 1.54) is 25.7 Å². The summed E-state index contributed by atoms with van der Waals surface area (Å²) in [4.78, 5) is 17.0. The first-order chi connectivity index (χ1) is 12.0. The molecule has 1 aliphatic carbocycles. The Bertz CT molecular complexity index is 561. The van der Waals surface area contributed by atoms with E-state index in [1.807, 2.05) is 24.1 Å². The topological polar surface area (TPSA) is 35.6 Å². The van der Waals surface area contributed by atoms with Gasteiger partial charge in [0.25, 0.3) is 0 Å². The number of benzene rings is 1. The molecule has 2 amide bonds. The Balaban J connectivity index is 1.46. The molecule has 2 fully saturated rings. The second-order valence-electron chi connectivity index (χ2n) is 7.73. The molecule has 0 bridgehead atoms. The molecular weight excluding hydrogens is 334 g/mol. The highest BCUT2D eigenvalue weighted by molar-refractivity contribution is 6.30. The summed E-state index contributed by atoms with van der Waals surface area (Å²) in [6.07, 6.45) is 7.56. The zero-order chi connectivity index (χ0) is 17.8. The second-order valence-corrected chi connectivity index (χ2v) is 8.17. The number of carbonyl (C=O) groups is 1. The Kier molecular flexibility index (Phi) is 6.24. The number of rotatable bonds is 3. The zero-order valence-corrected chi connectivity index (χ0v) is 16.1. The predicted octanol–water partition coefficient (Wildman–Crippen LogP) is 4.85. The minimum absolute atomic E-state index is 0.0349. The molecule has 1 heterocycles. The van der Waals surface area contributed by atoms with Crippen LogP contribution in [0, 0.1) is 5.92 Å². The average molecular weight is 364 g/mol. The van der Waals surface area contributed by atoms with Crippen LogP contribution in [0.25, 0.3) is 0 Å². The van der Waals surface area contributed by atoms with Crippen molar-refractivity contribution in [3.8, 4) is 0 Å². The standard InChI is InChI=1S/C20H30ClN3O/c1-15-3-9-19(10-4-15)24-13-11-18(12-14-24)23(2)20(25)22-17-7-5-16(21)6-8-17/h5-8,15,18-19H,3-4,9-14H2,1-2H3,(H,22,25). The van der Waals surface area contributed by atoms with Crippen molar-refractivity contribution in [1.82, 2.24) is 9.80 Å². The van der Waals surface area contributed by atoms with Gasteiger partial charge in [0.2, 0.25) is 0 Å². The monoisotopic (exact) mass is 363 g/mol. The SMILES string of the molecule is CC1CCC(N2CCC(N(C)C(=O)Nc3ccc(Cl)cc3)CC2)CC1. The van der Waals surface area contributed by atoms with E-state index in [0.29, 0.717) is 11.1 Å². The molecule has 2 aliphatic rings. The number of hydrogen-bond acceptors (Lipinski definition) is 2. The van der Waals surface area contributed by atoms with Crippen LogP contribution >= 0.6 is 11.6 Å². The molecule has 5 heteroatoms. The number of halogens is 1. The highest BCUT2D eigenvalue weighted by atomic mass is 35.5. The molecule has 3 rings (SSSR count). The highest BCUT2D eigenvalue weighted by Crippen LogP contribution is 2.29. The van der Waals surface area contributed by atoms with Crippen molar-refractivity contribution in [2.75, 3.05) is 25.5 Å². The van der Waals surface area contributed by atoms with Gasteiger partial charge < -0.3 is 15.1 Å². The van der Waals surface area contributed by atoms with Gasteiger partial charge in [-0.2, -0.15) is 0 Å². The fourth-order valence-corrected chi connectivity index (χ4v) is 4.28. The van der Waals surface area contributed by atoms with Crippen molar-refractivity contribution in [3.05, 3.63) is 29.3 Å². The lowest BCUT2D eigenvalue weighted by molar-refractivity contribution is 0.0844. The van der Waals surface area contributed by atoms with Gasteiger partial charge in [-0.15, -0.1) is 0 Å². The second kappa shape index (κ2) is 8.41. The largest absolute Gasteiger partial charge is 0.325 e. The van der Waals surface area contributed by atoms with Gasteiger partial charge >= 0.3 is 6.03 Å². The Labute approximate surface area is 156 Å². The maximum atomic E-state index is 12.5. The molecule has 4 nitrogen and oxygen atoms in total. The van der Waals surface area contributed by atoms with Crippen LogP contribution < -0.4 is 5.32 Å². The summed E-state index contributed by atoms with van der Waals surface area (Å²) >= 11 is 5.89. The van der Waals surface area contributed by atoms with Crippen molar-refractivity contribution in [2.45, 2.75) is 57.5 Å². The lowest BCUT2D eigenvalue weighted by Crippen LogP contribution is -2.50. The van der Waals surface area contributed by atoms with E-state index < -0.39 is 0 Å². The Morgan fingerprint density at radius 2 is 1.68 bits per heavy atom. The quantitative estimate of drug-likeness (QED) is 0.833. The van der Waals surface area contributed by atoms with Crippen LogP contribution in [0.5, 0.6) is 0 Å². The molecular formula is C20H30ClN3O. The first kappa shape index (κ1) is 18.5. The van der Waals surface area contributed by atoms with Gasteiger partial charge in [-0.1, -0.05) is 18.5 Å². The first-order valence-corrected chi connectivity index (χ1v) is 9.94. The zero-order valence-electron chi connectivity index (χ0n) is 15.4. The maximum Gasteiger partial charge on any atom is 0.321 e. The molecule has 0 unspecified atom stereocenters. The van der Waals surface area contributed by atoms with E-state index in [1.54, 1.807) is 12.1 Å². The van der Waals surface area contributed by atoms with Gasteiger partial charge in [0.15, 0.2) is 0 Å². The summed E-state index contributed by atoms with van der Waals surface area (Å²) < 4.78 is 0. The summed E-state index contributed by atoms with van der Waals surface area (Å²) in [7, 11) is 1.91. The molecule has 0 radical (unpaired) electrons. The fourth-order valence-electron chi connectivity index (χ4n) is 4.16. The van der Waals surface area contributed by atoms with Crippen LogP contribution in [-0.4, -0.2) is 48.1 Å². The van der Waals surface area contributed by atoms with Crippen molar-refractivity contribution >= 4 is 23.3 Å². The third-order valence-electron chi connectivity index (χ3n) is 5.96. The minimum atomic E-state index is -0.0349. The van der Waals surface area contributed by atoms with E-state index in [-0.39, 0.29) is 6.03 Å². The average Bonchev–Trinajstić information content (AvgIpc) is 2.64. The molecule has 25 heavy (non-hydrogen) atoms. The third-order valence-corrected chi connectivity index (χ3v) is 6.22. The number of piperidine rings is 1. The minimum Gasteiger partial charge on any atom is -0.325 e. The summed E-state index contributed by atoms with van der Waals surface area (Å²) in [5, 5.41) is 3.64. The number of amides is 2. The summed E-state index contributed by atoms with van der Waals surface area (Å²) in [6.45, 7) is 4.60. The molecule has 0 spiro atoms. The number of likely N-dealkylation sites (tertiary alicyclic amines) is 1. The highest BCUT2D eigenvalue weighted by Gasteiger charge is 2.30. The molecule has 1 aromatic rings. The molecule has 1 aliphatic heterocycles. The molecule has 1 saturated heterocycles. The normalized spacial score (nSPS) is 25.6. The number of urea groups is 1. The van der Waals surface area contributed by atoms with E-state index in [4.69, 9.17) is 11.6 Å². The van der Waals surface area contributed by atoms with Gasteiger partial charge in [0.05, 0.1) is 0 Å². The van der Waals surface area contributed by atoms with Crippen LogP contribution in [0.1, 0.15) is 45.4 Å². The van der Waals surface area contributed by atoms with Gasteiger partial charge in [0.1, 0.15) is 0 Å². The van der Waals surface area contributed by atoms with E-state index in [9.17, 15) is 4.79 Å². The third kappa shape index (κ3) is 4.89. The van der Waals surface area contributed by atoms with Crippen molar-refractivity contribution in [3.63, 3.8) is 0 Å². The molecule has 1 N–H and O–H groups in total. The smallest absolute Gasteiger partial charge is 0.321 e. The summed E-state index contributed by atoms with van der Waals surface area (Å²) in [6, 6.07) is 8.31. The van der Waals surface area contributed by atoms with Gasteiger partial charge in [-0.05, 0) is 68.7 Å². The Hall–Kier alpha value is -1.26. The number of anilines is 1. The first-order valence-electron chi connectivity index (χ1n) is 9.56. The van der Waals surface area contributed by atoms with Crippen LogP contribution in [0.15, 0.2) is 24.3 Å². The van der Waals surface area contributed by atoms with Gasteiger partial charge in [-0.3, -0.25) is 0 Å².